The first kappa shape index (κ1) is 25.0. The third-order valence-electron chi connectivity index (χ3n) is 8.20. The summed E-state index contributed by atoms with van der Waals surface area (Å²) in [5, 5.41) is 9.43. The lowest BCUT2D eigenvalue weighted by Gasteiger charge is -2.45. The minimum Gasteiger partial charge on any atom is -0.489 e. The maximum absolute atomic E-state index is 11.5. The van der Waals surface area contributed by atoms with Gasteiger partial charge in [-0.2, -0.15) is 0 Å². The summed E-state index contributed by atoms with van der Waals surface area (Å²) in [6.07, 6.45) is 8.31. The van der Waals surface area contributed by atoms with E-state index in [1.165, 1.54) is 29.5 Å². The molecular formula is C30H38N2O3. The van der Waals surface area contributed by atoms with Gasteiger partial charge in [-0.1, -0.05) is 58.0 Å². The molecule has 1 aromatic heterocycles. The lowest BCUT2D eigenvalue weighted by molar-refractivity contribution is -0.137. The number of aliphatic carboxylic acids is 1. The number of carbonyl (C=O) groups is 1. The maximum Gasteiger partial charge on any atom is 0.304 e. The average molecular weight is 475 g/mol. The molecule has 3 aromatic rings. The second kappa shape index (κ2) is 9.88. The molecule has 0 bridgehead atoms. The molecule has 0 fully saturated rings. The Kier molecular flexibility index (Phi) is 7.07. The Balaban J connectivity index is 1.53. The van der Waals surface area contributed by atoms with Crippen LogP contribution in [0.5, 0.6) is 5.75 Å². The number of ether oxygens (including phenoxy) is 1. The van der Waals surface area contributed by atoms with E-state index in [1.54, 1.807) is 6.20 Å². The number of aromatic nitrogens is 2. The van der Waals surface area contributed by atoms with E-state index in [0.717, 1.165) is 30.0 Å². The van der Waals surface area contributed by atoms with Gasteiger partial charge in [-0.3, -0.25) is 4.79 Å². The number of hydrogen-bond acceptors (Lipinski definition) is 3. The Labute approximate surface area is 209 Å². The van der Waals surface area contributed by atoms with E-state index in [9.17, 15) is 9.90 Å². The van der Waals surface area contributed by atoms with Crippen molar-refractivity contribution in [1.82, 2.24) is 9.55 Å². The zero-order valence-electron chi connectivity index (χ0n) is 21.7. The molecule has 0 saturated carbocycles. The van der Waals surface area contributed by atoms with Crippen molar-refractivity contribution in [2.24, 2.45) is 7.05 Å². The number of carboxylic acids is 1. The summed E-state index contributed by atoms with van der Waals surface area (Å²) in [6, 6.07) is 14.7. The zero-order chi connectivity index (χ0) is 25.2. The molecule has 1 heterocycles. The molecule has 1 aliphatic carbocycles. The van der Waals surface area contributed by atoms with Crippen molar-refractivity contribution in [2.75, 3.05) is 0 Å². The molecule has 186 valence electrons. The smallest absolute Gasteiger partial charge is 0.304 e. The van der Waals surface area contributed by atoms with E-state index in [2.05, 4.69) is 50.9 Å². The minimum absolute atomic E-state index is 0.00681. The normalized spacial score (nSPS) is 16.9. The second-order valence-corrected chi connectivity index (χ2v) is 10.7. The monoisotopic (exact) mass is 474 g/mol. The summed E-state index contributed by atoms with van der Waals surface area (Å²) in [5.41, 5.74) is 5.56. The van der Waals surface area contributed by atoms with E-state index in [0.29, 0.717) is 6.61 Å². The summed E-state index contributed by atoms with van der Waals surface area (Å²) in [6.45, 7) is 9.87. The van der Waals surface area contributed by atoms with Crippen molar-refractivity contribution in [3.63, 3.8) is 0 Å². The summed E-state index contributed by atoms with van der Waals surface area (Å²) in [4.78, 5) is 15.9. The number of rotatable bonds is 9. The fraction of sp³-hybridized carbons (Fsp3) is 0.467. The fourth-order valence-electron chi connectivity index (χ4n) is 5.72. The van der Waals surface area contributed by atoms with Crippen molar-refractivity contribution in [3.05, 3.63) is 82.9 Å². The molecule has 5 heteroatoms. The van der Waals surface area contributed by atoms with Crippen molar-refractivity contribution in [1.29, 1.82) is 0 Å². The number of fused-ring (bicyclic) bond motifs is 1. The molecule has 4 rings (SSSR count). The lowest BCUT2D eigenvalue weighted by atomic mass is 9.59. The van der Waals surface area contributed by atoms with Crippen LogP contribution in [0.1, 0.15) is 93.8 Å². The molecule has 0 spiro atoms. The van der Waals surface area contributed by atoms with Crippen LogP contribution in [0.4, 0.5) is 0 Å². The molecular weight excluding hydrogens is 436 g/mol. The van der Waals surface area contributed by atoms with Gasteiger partial charge in [0.05, 0.1) is 12.3 Å². The van der Waals surface area contributed by atoms with Crippen molar-refractivity contribution in [3.8, 4) is 5.75 Å². The molecule has 0 radical (unpaired) electrons. The number of carboxylic acid groups (broad SMARTS) is 1. The van der Waals surface area contributed by atoms with Gasteiger partial charge >= 0.3 is 5.97 Å². The number of hydrogen-bond donors (Lipinski definition) is 1. The molecule has 1 aliphatic rings. The predicted molar refractivity (Wildman–Crippen MR) is 139 cm³/mol. The summed E-state index contributed by atoms with van der Waals surface area (Å²) in [5.74, 6) is 0.372. The van der Waals surface area contributed by atoms with Crippen molar-refractivity contribution >= 4 is 5.97 Å². The highest BCUT2D eigenvalue weighted by Gasteiger charge is 2.40. The Morgan fingerprint density at radius 1 is 1.09 bits per heavy atom. The van der Waals surface area contributed by atoms with Crippen LogP contribution in [0.3, 0.4) is 0 Å². The van der Waals surface area contributed by atoms with Crippen LogP contribution in [-0.2, 0) is 29.3 Å². The van der Waals surface area contributed by atoms with Gasteiger partial charge in [0.15, 0.2) is 0 Å². The number of imidazole rings is 1. The van der Waals surface area contributed by atoms with Gasteiger partial charge in [0.2, 0.25) is 0 Å². The van der Waals surface area contributed by atoms with Crippen LogP contribution in [0.2, 0.25) is 0 Å². The Morgan fingerprint density at radius 2 is 1.80 bits per heavy atom. The first-order valence-electron chi connectivity index (χ1n) is 12.7. The largest absolute Gasteiger partial charge is 0.489 e. The number of aryl methyl sites for hydroxylation is 1. The molecule has 1 N–H and O–H groups in total. The molecule has 0 unspecified atom stereocenters. The van der Waals surface area contributed by atoms with Gasteiger partial charge in [0, 0.05) is 19.4 Å². The highest BCUT2D eigenvalue weighted by Crippen LogP contribution is 2.49. The van der Waals surface area contributed by atoms with Crippen LogP contribution in [0.15, 0.2) is 54.9 Å². The molecule has 2 aromatic carbocycles. The van der Waals surface area contributed by atoms with Gasteiger partial charge < -0.3 is 14.4 Å². The third-order valence-corrected chi connectivity index (χ3v) is 8.20. The van der Waals surface area contributed by atoms with E-state index in [1.807, 2.05) is 42.1 Å². The lowest BCUT2D eigenvalue weighted by Crippen LogP contribution is -2.37. The topological polar surface area (TPSA) is 64.3 Å². The molecule has 0 saturated heterocycles. The van der Waals surface area contributed by atoms with Crippen LogP contribution < -0.4 is 4.74 Å². The van der Waals surface area contributed by atoms with E-state index in [4.69, 9.17) is 4.74 Å². The van der Waals surface area contributed by atoms with Gasteiger partial charge in [0.25, 0.3) is 0 Å². The standard InChI is InChI=1S/C30H38N2O3/c1-6-30(7-2)15-14-29(3,4)25-13-8-21(18-26(25)30)20-35-23-11-9-22(10-12-23)24(19-27(33)34)28-31-16-17-32(28)5/h8-13,16-18,24H,6-7,14-15,19-20H2,1-5H3,(H,33,34)/t24-/m0/s1. The SMILES string of the molecule is CCC1(CC)CCC(C)(C)c2ccc(COc3ccc([C@H](CC(=O)O)c4nccn4C)cc3)cc21. The van der Waals surface area contributed by atoms with Crippen molar-refractivity contribution in [2.45, 2.75) is 83.2 Å². The predicted octanol–water partition coefficient (Wildman–Crippen LogP) is 6.73. The minimum atomic E-state index is -0.843. The first-order chi connectivity index (χ1) is 16.7. The Hall–Kier alpha value is -3.08. The molecule has 0 aliphatic heterocycles. The maximum atomic E-state index is 11.5. The number of benzene rings is 2. The third kappa shape index (κ3) is 5.00. The Morgan fingerprint density at radius 3 is 2.40 bits per heavy atom. The quantitative estimate of drug-likeness (QED) is 0.373. The molecule has 0 amide bonds. The highest BCUT2D eigenvalue weighted by molar-refractivity contribution is 5.68. The van der Waals surface area contributed by atoms with Crippen LogP contribution >= 0.6 is 0 Å². The summed E-state index contributed by atoms with van der Waals surface area (Å²) in [7, 11) is 1.89. The van der Waals surface area contributed by atoms with Gasteiger partial charge in [-0.05, 0) is 70.9 Å². The van der Waals surface area contributed by atoms with Gasteiger partial charge in [-0.15, -0.1) is 0 Å². The van der Waals surface area contributed by atoms with E-state index in [-0.39, 0.29) is 23.2 Å². The summed E-state index contributed by atoms with van der Waals surface area (Å²) < 4.78 is 8.04. The van der Waals surface area contributed by atoms with E-state index < -0.39 is 5.97 Å². The van der Waals surface area contributed by atoms with Crippen molar-refractivity contribution < 1.29 is 14.6 Å². The van der Waals surface area contributed by atoms with Gasteiger partial charge in [-0.25, -0.2) is 4.98 Å². The van der Waals surface area contributed by atoms with Gasteiger partial charge in [0.1, 0.15) is 18.2 Å². The second-order valence-electron chi connectivity index (χ2n) is 10.7. The van der Waals surface area contributed by atoms with Crippen LogP contribution in [-0.4, -0.2) is 20.6 Å². The molecule has 35 heavy (non-hydrogen) atoms. The number of nitrogens with zero attached hydrogens (tertiary/aromatic N) is 2. The average Bonchev–Trinajstić information content (AvgIpc) is 3.27. The Bertz CT molecular complexity index is 1170. The van der Waals surface area contributed by atoms with Crippen LogP contribution in [0.25, 0.3) is 0 Å². The molecule has 1 atom stereocenters. The highest BCUT2D eigenvalue weighted by atomic mass is 16.5. The summed E-state index contributed by atoms with van der Waals surface area (Å²) >= 11 is 0. The van der Waals surface area contributed by atoms with E-state index >= 15 is 0 Å². The first-order valence-corrected chi connectivity index (χ1v) is 12.7. The zero-order valence-corrected chi connectivity index (χ0v) is 21.7. The fourth-order valence-corrected chi connectivity index (χ4v) is 5.72. The molecule has 5 nitrogen and oxygen atoms in total. The van der Waals surface area contributed by atoms with Crippen LogP contribution in [0, 0.1) is 0 Å².